The van der Waals surface area contributed by atoms with Crippen molar-refractivity contribution in [1.29, 1.82) is 0 Å². The molecule has 1 heterocycles. The van der Waals surface area contributed by atoms with E-state index in [1.807, 2.05) is 37.3 Å². The van der Waals surface area contributed by atoms with Crippen LogP contribution >= 0.6 is 11.8 Å². The minimum Gasteiger partial charge on any atom is -0.313 e. The first-order chi connectivity index (χ1) is 9.13. The van der Waals surface area contributed by atoms with Crippen molar-refractivity contribution in [3.05, 3.63) is 35.9 Å². The Morgan fingerprint density at radius 1 is 1.42 bits per heavy atom. The fraction of sp³-hybridized carbons (Fsp3) is 0.357. The third kappa shape index (κ3) is 3.04. The molecule has 1 N–H and O–H groups in total. The summed E-state index contributed by atoms with van der Waals surface area (Å²) in [5.74, 6) is 1.05. The highest BCUT2D eigenvalue weighted by Gasteiger charge is 2.33. The average Bonchev–Trinajstić information content (AvgIpc) is 2.44. The number of rotatable bonds is 4. The highest BCUT2D eigenvalue weighted by Crippen LogP contribution is 2.26. The first kappa shape index (κ1) is 13.8. The fourth-order valence-electron chi connectivity index (χ4n) is 1.79. The van der Waals surface area contributed by atoms with E-state index in [1.54, 1.807) is 6.92 Å². The summed E-state index contributed by atoms with van der Waals surface area (Å²) in [6, 6.07) is 8.90. The zero-order valence-corrected chi connectivity index (χ0v) is 11.7. The number of hydrogen-bond donors (Lipinski definition) is 1. The first-order valence-corrected chi connectivity index (χ1v) is 7.22. The van der Waals surface area contributed by atoms with E-state index < -0.39 is 6.04 Å². The van der Waals surface area contributed by atoms with Crippen molar-refractivity contribution >= 4 is 28.6 Å². The Balaban J connectivity index is 2.25. The maximum Gasteiger partial charge on any atom is 0.235 e. The average molecular weight is 276 g/mol. The summed E-state index contributed by atoms with van der Waals surface area (Å²) in [5, 5.41) is 2.65. The number of carbonyl (C=O) groups excluding carboxylic acids is 2. The monoisotopic (exact) mass is 276 g/mol. The Morgan fingerprint density at radius 3 is 2.63 bits per heavy atom. The molecule has 0 aromatic heterocycles. The third-order valence-corrected chi connectivity index (χ3v) is 3.74. The summed E-state index contributed by atoms with van der Waals surface area (Å²) in [6.07, 6.45) is 0. The molecule has 0 radical (unpaired) electrons. The number of benzene rings is 1. The molecule has 1 amide bonds. The first-order valence-electron chi connectivity index (χ1n) is 6.23. The maximum atomic E-state index is 12.2. The van der Waals surface area contributed by atoms with Gasteiger partial charge in [-0.3, -0.25) is 14.6 Å². The number of amidine groups is 1. The van der Waals surface area contributed by atoms with Crippen LogP contribution in [0.15, 0.2) is 35.3 Å². The van der Waals surface area contributed by atoms with Crippen LogP contribution in [0.4, 0.5) is 0 Å². The molecule has 0 spiro atoms. The lowest BCUT2D eigenvalue weighted by molar-refractivity contribution is -0.124. The van der Waals surface area contributed by atoms with Gasteiger partial charge in [-0.25, -0.2) is 0 Å². The summed E-state index contributed by atoms with van der Waals surface area (Å²) >= 11 is 1.25. The number of hydrogen-bond acceptors (Lipinski definition) is 4. The fourth-order valence-corrected chi connectivity index (χ4v) is 2.42. The van der Waals surface area contributed by atoms with E-state index >= 15 is 0 Å². The Labute approximate surface area is 116 Å². The lowest BCUT2D eigenvalue weighted by Crippen LogP contribution is -2.53. The molecule has 1 fully saturated rings. The molecule has 2 rings (SSSR count). The molecule has 1 aliphatic rings. The SMILES string of the molecule is CCSC(=O)C(N=C1NC(=O)C1C)c1ccccc1. The predicted octanol–water partition coefficient (Wildman–Crippen LogP) is 2.17. The molecule has 1 aromatic rings. The normalized spacial score (nSPS) is 21.7. The van der Waals surface area contributed by atoms with Crippen molar-refractivity contribution < 1.29 is 9.59 Å². The molecular weight excluding hydrogens is 260 g/mol. The molecule has 1 aliphatic heterocycles. The topological polar surface area (TPSA) is 58.5 Å². The van der Waals surface area contributed by atoms with E-state index in [0.29, 0.717) is 5.84 Å². The van der Waals surface area contributed by atoms with E-state index in [9.17, 15) is 9.59 Å². The highest BCUT2D eigenvalue weighted by atomic mass is 32.2. The summed E-state index contributed by atoms with van der Waals surface area (Å²) in [6.45, 7) is 3.72. The van der Waals surface area contributed by atoms with Gasteiger partial charge in [0.15, 0.2) is 0 Å². The quantitative estimate of drug-likeness (QED) is 0.857. The van der Waals surface area contributed by atoms with E-state index in [0.717, 1.165) is 11.3 Å². The Kier molecular flexibility index (Phi) is 4.37. The predicted molar refractivity (Wildman–Crippen MR) is 77.1 cm³/mol. The lowest BCUT2D eigenvalue weighted by Gasteiger charge is -2.26. The van der Waals surface area contributed by atoms with Gasteiger partial charge in [0.25, 0.3) is 0 Å². The van der Waals surface area contributed by atoms with Crippen molar-refractivity contribution in [2.45, 2.75) is 19.9 Å². The lowest BCUT2D eigenvalue weighted by atomic mass is 10.0. The van der Waals surface area contributed by atoms with Crippen LogP contribution in [0.5, 0.6) is 0 Å². The van der Waals surface area contributed by atoms with Gasteiger partial charge >= 0.3 is 0 Å². The molecule has 1 aromatic carbocycles. The smallest absolute Gasteiger partial charge is 0.235 e. The molecule has 19 heavy (non-hydrogen) atoms. The molecule has 0 aliphatic carbocycles. The molecule has 0 bridgehead atoms. The number of carbonyl (C=O) groups is 2. The van der Waals surface area contributed by atoms with Crippen LogP contribution in [0.2, 0.25) is 0 Å². The van der Waals surface area contributed by atoms with Crippen LogP contribution in [-0.4, -0.2) is 22.6 Å². The third-order valence-electron chi connectivity index (χ3n) is 2.95. The summed E-state index contributed by atoms with van der Waals surface area (Å²) in [7, 11) is 0. The van der Waals surface area contributed by atoms with Gasteiger partial charge in [0.05, 0.1) is 5.92 Å². The zero-order chi connectivity index (χ0) is 13.8. The standard InChI is InChI=1S/C14H16N2O2S/c1-3-19-14(18)11(10-7-5-4-6-8-10)15-12-9(2)13(17)16-12/h4-9,11H,3H2,1-2H3,(H,15,16,17). The van der Waals surface area contributed by atoms with Crippen molar-refractivity contribution in [1.82, 2.24) is 5.32 Å². The second-order valence-corrected chi connectivity index (χ2v) is 5.56. The summed E-state index contributed by atoms with van der Waals surface area (Å²) < 4.78 is 0. The Hall–Kier alpha value is -1.62. The van der Waals surface area contributed by atoms with Gasteiger partial charge in [-0.15, -0.1) is 0 Å². The number of aliphatic imine (C=N–C) groups is 1. The van der Waals surface area contributed by atoms with E-state index in [2.05, 4.69) is 10.3 Å². The Bertz CT molecular complexity index is 513. The molecular formula is C14H16N2O2S. The second-order valence-electron chi connectivity index (χ2n) is 4.29. The largest absolute Gasteiger partial charge is 0.313 e. The minimum atomic E-state index is -0.538. The van der Waals surface area contributed by atoms with Crippen LogP contribution in [-0.2, 0) is 9.59 Å². The van der Waals surface area contributed by atoms with Gasteiger partial charge in [-0.2, -0.15) is 0 Å². The maximum absolute atomic E-state index is 12.2. The van der Waals surface area contributed by atoms with Crippen molar-refractivity contribution in [3.8, 4) is 0 Å². The molecule has 4 nitrogen and oxygen atoms in total. The number of amides is 1. The summed E-state index contributed by atoms with van der Waals surface area (Å²) in [4.78, 5) is 27.7. The van der Waals surface area contributed by atoms with Gasteiger partial charge < -0.3 is 5.32 Å². The molecule has 1 saturated heterocycles. The molecule has 2 unspecified atom stereocenters. The number of nitrogens with zero attached hydrogens (tertiary/aromatic N) is 1. The van der Waals surface area contributed by atoms with Gasteiger partial charge in [0, 0.05) is 0 Å². The van der Waals surface area contributed by atoms with E-state index in [4.69, 9.17) is 0 Å². The van der Waals surface area contributed by atoms with Crippen molar-refractivity contribution in [2.75, 3.05) is 5.75 Å². The van der Waals surface area contributed by atoms with Gasteiger partial charge in [0.2, 0.25) is 11.0 Å². The Morgan fingerprint density at radius 2 is 2.11 bits per heavy atom. The van der Waals surface area contributed by atoms with Crippen LogP contribution in [0.25, 0.3) is 0 Å². The second kappa shape index (κ2) is 6.02. The molecule has 5 heteroatoms. The number of thioether (sulfide) groups is 1. The molecule has 2 atom stereocenters. The van der Waals surface area contributed by atoms with E-state index in [-0.39, 0.29) is 16.9 Å². The van der Waals surface area contributed by atoms with Gasteiger partial charge in [0.1, 0.15) is 11.9 Å². The molecule has 100 valence electrons. The van der Waals surface area contributed by atoms with E-state index in [1.165, 1.54) is 11.8 Å². The zero-order valence-electron chi connectivity index (χ0n) is 10.9. The van der Waals surface area contributed by atoms with Crippen molar-refractivity contribution in [3.63, 3.8) is 0 Å². The van der Waals surface area contributed by atoms with Crippen molar-refractivity contribution in [2.24, 2.45) is 10.9 Å². The number of β-lactam (4-membered cyclic amide) rings is 1. The van der Waals surface area contributed by atoms with Gasteiger partial charge in [-0.1, -0.05) is 49.0 Å². The van der Waals surface area contributed by atoms with Gasteiger partial charge in [-0.05, 0) is 18.2 Å². The summed E-state index contributed by atoms with van der Waals surface area (Å²) in [5.41, 5.74) is 0.856. The van der Waals surface area contributed by atoms with Crippen LogP contribution in [0, 0.1) is 5.92 Å². The van der Waals surface area contributed by atoms with Crippen LogP contribution in [0.3, 0.4) is 0 Å². The highest BCUT2D eigenvalue weighted by molar-refractivity contribution is 8.13. The van der Waals surface area contributed by atoms with Crippen LogP contribution in [0.1, 0.15) is 25.5 Å². The van der Waals surface area contributed by atoms with Crippen LogP contribution < -0.4 is 5.32 Å². The molecule has 0 saturated carbocycles. The minimum absolute atomic E-state index is 0.00884. The number of nitrogens with one attached hydrogen (secondary N) is 1.